The molecule has 1 heterocycles. The molecular weight excluding hydrogens is 379 g/mol. The van der Waals surface area contributed by atoms with Gasteiger partial charge >= 0.3 is 0 Å². The first kappa shape index (κ1) is 21.3. The lowest BCUT2D eigenvalue weighted by Gasteiger charge is -2.11. The molecule has 0 atom stereocenters. The molecule has 3 rings (SSSR count). The average Bonchev–Trinajstić information content (AvgIpc) is 2.78. The van der Waals surface area contributed by atoms with E-state index >= 15 is 0 Å². The first-order valence-electron chi connectivity index (χ1n) is 10.2. The summed E-state index contributed by atoms with van der Waals surface area (Å²) in [6.07, 6.45) is 5.14. The Kier molecular flexibility index (Phi) is 7.79. The minimum Gasteiger partial charge on any atom is -0.491 e. The van der Waals surface area contributed by atoms with Crippen LogP contribution < -0.4 is 10.1 Å². The maximum absolute atomic E-state index is 14.7. The summed E-state index contributed by atoms with van der Waals surface area (Å²) in [5, 5.41) is 3.66. The molecule has 0 saturated heterocycles. The number of hydrogen-bond donors (Lipinski definition) is 1. The highest BCUT2D eigenvalue weighted by Crippen LogP contribution is 2.21. The number of carbonyl (C=O) groups excluding carboxylic acids is 1. The number of halogens is 1. The Morgan fingerprint density at radius 2 is 2.03 bits per heavy atom. The van der Waals surface area contributed by atoms with E-state index in [0.717, 1.165) is 36.6 Å². The van der Waals surface area contributed by atoms with Crippen molar-refractivity contribution in [1.29, 1.82) is 0 Å². The lowest BCUT2D eigenvalue weighted by molar-refractivity contribution is 0.0950. The van der Waals surface area contributed by atoms with Gasteiger partial charge < -0.3 is 10.1 Å². The van der Waals surface area contributed by atoms with Gasteiger partial charge in [-0.25, -0.2) is 4.39 Å². The summed E-state index contributed by atoms with van der Waals surface area (Å²) >= 11 is 0. The molecule has 0 aliphatic carbocycles. The number of aromatic nitrogens is 1. The van der Waals surface area contributed by atoms with Crippen LogP contribution in [-0.4, -0.2) is 17.5 Å². The number of amides is 1. The van der Waals surface area contributed by atoms with Gasteiger partial charge in [0.2, 0.25) is 0 Å². The Labute approximate surface area is 176 Å². The van der Waals surface area contributed by atoms with Crippen LogP contribution in [0.25, 0.3) is 10.9 Å². The molecule has 0 aliphatic heterocycles. The number of rotatable bonds is 8. The quantitative estimate of drug-likeness (QED) is 0.411. The highest BCUT2D eigenvalue weighted by atomic mass is 19.1. The van der Waals surface area contributed by atoms with Crippen molar-refractivity contribution in [3.05, 3.63) is 71.7 Å². The van der Waals surface area contributed by atoms with Gasteiger partial charge in [0, 0.05) is 42.1 Å². The smallest absolute Gasteiger partial charge is 0.251 e. The Morgan fingerprint density at radius 1 is 1.13 bits per heavy atom. The topological polar surface area (TPSA) is 51.2 Å². The average molecular weight is 404 g/mol. The number of carbonyl (C=O) groups is 1. The number of nitrogens with zero attached hydrogens (tertiary/aromatic N) is 1. The molecular formula is C25H25FN2O2. The molecule has 0 fully saturated rings. The van der Waals surface area contributed by atoms with Gasteiger partial charge in [-0.05, 0) is 43.2 Å². The Morgan fingerprint density at radius 3 is 2.90 bits per heavy atom. The van der Waals surface area contributed by atoms with Gasteiger partial charge in [-0.1, -0.05) is 25.1 Å². The predicted octanol–water partition coefficient (Wildman–Crippen LogP) is 5.27. The van der Waals surface area contributed by atoms with Gasteiger partial charge in [0.15, 0.2) is 11.6 Å². The second-order valence-corrected chi connectivity index (χ2v) is 6.84. The van der Waals surface area contributed by atoms with Gasteiger partial charge in [-0.3, -0.25) is 9.78 Å². The first-order chi connectivity index (χ1) is 14.7. The summed E-state index contributed by atoms with van der Waals surface area (Å²) in [6.45, 7) is 2.54. The highest BCUT2D eigenvalue weighted by Gasteiger charge is 2.12. The second-order valence-electron chi connectivity index (χ2n) is 6.84. The minimum atomic E-state index is -0.439. The SMILES string of the molecule is CCC#CCCCCOc1cccc(CNC(=O)c2ccc3ncccc3c2)c1F. The van der Waals surface area contributed by atoms with E-state index in [2.05, 4.69) is 22.1 Å². The zero-order valence-corrected chi connectivity index (χ0v) is 17.1. The van der Waals surface area contributed by atoms with Crippen LogP contribution >= 0.6 is 0 Å². The van der Waals surface area contributed by atoms with Gasteiger partial charge in [0.05, 0.1) is 12.1 Å². The molecule has 0 unspecified atom stereocenters. The molecule has 5 heteroatoms. The van der Waals surface area contributed by atoms with Crippen LogP contribution in [0.15, 0.2) is 54.7 Å². The summed E-state index contributed by atoms with van der Waals surface area (Å²) < 4.78 is 20.3. The molecule has 4 nitrogen and oxygen atoms in total. The summed E-state index contributed by atoms with van der Waals surface area (Å²) in [4.78, 5) is 16.7. The first-order valence-corrected chi connectivity index (χ1v) is 10.2. The zero-order chi connectivity index (χ0) is 21.2. The van der Waals surface area contributed by atoms with Gasteiger partial charge in [-0.15, -0.1) is 11.8 Å². The van der Waals surface area contributed by atoms with Crippen LogP contribution in [0.5, 0.6) is 5.75 Å². The van der Waals surface area contributed by atoms with Crippen molar-refractivity contribution in [1.82, 2.24) is 10.3 Å². The lowest BCUT2D eigenvalue weighted by atomic mass is 10.1. The fourth-order valence-corrected chi connectivity index (χ4v) is 3.01. The van der Waals surface area contributed by atoms with Crippen LogP contribution in [0.2, 0.25) is 0 Å². The lowest BCUT2D eigenvalue weighted by Crippen LogP contribution is -2.23. The molecule has 1 N–H and O–H groups in total. The molecule has 0 spiro atoms. The van der Waals surface area contributed by atoms with E-state index in [0.29, 0.717) is 17.7 Å². The maximum Gasteiger partial charge on any atom is 0.251 e. The van der Waals surface area contributed by atoms with Gasteiger partial charge in [-0.2, -0.15) is 0 Å². The van der Waals surface area contributed by atoms with Crippen molar-refractivity contribution in [3.63, 3.8) is 0 Å². The molecule has 0 aliphatic rings. The second kappa shape index (κ2) is 11.0. The molecule has 2 aromatic carbocycles. The standard InChI is InChI=1S/C25H25FN2O2/c1-2-3-4-5-6-7-16-30-23-12-8-10-21(24(23)26)18-28-25(29)20-13-14-22-19(17-20)11-9-15-27-22/h8-15,17H,2,5-7,16,18H2,1H3,(H,28,29). The number of unbranched alkanes of at least 4 members (excludes halogenated alkanes) is 2. The number of benzene rings is 2. The van der Waals surface area contributed by atoms with E-state index in [9.17, 15) is 9.18 Å². The minimum absolute atomic E-state index is 0.0829. The van der Waals surface area contributed by atoms with Crippen molar-refractivity contribution in [3.8, 4) is 17.6 Å². The number of hydrogen-bond acceptors (Lipinski definition) is 3. The van der Waals surface area contributed by atoms with E-state index in [1.807, 2.05) is 19.1 Å². The predicted molar refractivity (Wildman–Crippen MR) is 117 cm³/mol. The summed E-state index contributed by atoms with van der Waals surface area (Å²) in [6, 6.07) is 14.0. The van der Waals surface area contributed by atoms with E-state index < -0.39 is 5.82 Å². The van der Waals surface area contributed by atoms with Crippen LogP contribution in [0, 0.1) is 17.7 Å². The Bertz CT molecular complexity index is 1070. The summed E-state index contributed by atoms with van der Waals surface area (Å²) in [5.41, 5.74) is 1.72. The fraction of sp³-hybridized carbons (Fsp3) is 0.280. The molecule has 1 amide bonds. The largest absolute Gasteiger partial charge is 0.491 e. The van der Waals surface area contributed by atoms with Crippen LogP contribution in [0.1, 0.15) is 48.5 Å². The van der Waals surface area contributed by atoms with E-state index in [4.69, 9.17) is 4.74 Å². The number of ether oxygens (including phenoxy) is 1. The normalized spacial score (nSPS) is 10.3. The number of pyridine rings is 1. The van der Waals surface area contributed by atoms with Gasteiger partial charge in [0.1, 0.15) is 0 Å². The third-order valence-electron chi connectivity index (χ3n) is 4.60. The summed E-state index contributed by atoms with van der Waals surface area (Å²) in [5.74, 6) is 5.61. The monoisotopic (exact) mass is 404 g/mol. The number of nitrogens with one attached hydrogen (secondary N) is 1. The van der Waals surface area contributed by atoms with Crippen LogP contribution in [-0.2, 0) is 6.54 Å². The van der Waals surface area contributed by atoms with Crippen molar-refractivity contribution >= 4 is 16.8 Å². The third kappa shape index (κ3) is 5.81. The molecule has 0 bridgehead atoms. The van der Waals surface area contributed by atoms with Crippen LogP contribution in [0.3, 0.4) is 0 Å². The number of fused-ring (bicyclic) bond motifs is 1. The fourth-order valence-electron chi connectivity index (χ4n) is 3.01. The van der Waals surface area contributed by atoms with E-state index in [-0.39, 0.29) is 18.2 Å². The van der Waals surface area contributed by atoms with Gasteiger partial charge in [0.25, 0.3) is 5.91 Å². The Hall–Kier alpha value is -3.39. The van der Waals surface area contributed by atoms with Crippen LogP contribution in [0.4, 0.5) is 4.39 Å². The third-order valence-corrected chi connectivity index (χ3v) is 4.60. The maximum atomic E-state index is 14.7. The van der Waals surface area contributed by atoms with Crippen molar-refractivity contribution in [2.45, 2.75) is 39.2 Å². The molecule has 0 saturated carbocycles. The van der Waals surface area contributed by atoms with Crippen molar-refractivity contribution in [2.24, 2.45) is 0 Å². The van der Waals surface area contributed by atoms with Crippen molar-refractivity contribution in [2.75, 3.05) is 6.61 Å². The molecule has 0 radical (unpaired) electrons. The highest BCUT2D eigenvalue weighted by molar-refractivity contribution is 5.97. The van der Waals surface area contributed by atoms with Crippen molar-refractivity contribution < 1.29 is 13.9 Å². The zero-order valence-electron chi connectivity index (χ0n) is 17.1. The van der Waals surface area contributed by atoms with E-state index in [1.165, 1.54) is 0 Å². The molecule has 30 heavy (non-hydrogen) atoms. The van der Waals surface area contributed by atoms with E-state index in [1.54, 1.807) is 42.6 Å². The molecule has 1 aromatic heterocycles. The molecule has 154 valence electrons. The summed E-state index contributed by atoms with van der Waals surface area (Å²) in [7, 11) is 0. The molecule has 3 aromatic rings. The Balaban J connectivity index is 1.54.